The molecule has 2 rings (SSSR count). The molecule has 0 atom stereocenters. The summed E-state index contributed by atoms with van der Waals surface area (Å²) in [4.78, 5) is 0. The van der Waals surface area contributed by atoms with Gasteiger partial charge in [0.05, 0.1) is 0 Å². The smallest absolute Gasteiger partial charge is 0.123 e. The fourth-order valence-electron chi connectivity index (χ4n) is 1.56. The minimum absolute atomic E-state index is 0.182. The molecule has 1 saturated carbocycles. The molecular formula is C11H12FN. The van der Waals surface area contributed by atoms with Gasteiger partial charge in [-0.05, 0) is 30.5 Å². The summed E-state index contributed by atoms with van der Waals surface area (Å²) >= 11 is 0. The van der Waals surface area contributed by atoms with E-state index in [1.807, 2.05) is 12.1 Å². The molecule has 0 amide bonds. The van der Waals surface area contributed by atoms with Crippen LogP contribution in [0.5, 0.6) is 0 Å². The Bertz CT molecular complexity index is 336. The van der Waals surface area contributed by atoms with Crippen LogP contribution in [-0.4, -0.2) is 6.04 Å². The summed E-state index contributed by atoms with van der Waals surface area (Å²) < 4.78 is 12.8. The second-order valence-corrected chi connectivity index (χ2v) is 3.53. The summed E-state index contributed by atoms with van der Waals surface area (Å²) in [6, 6.07) is 6.94. The highest BCUT2D eigenvalue weighted by Crippen LogP contribution is 2.26. The van der Waals surface area contributed by atoms with Gasteiger partial charge < -0.3 is 5.73 Å². The molecule has 1 aliphatic carbocycles. The van der Waals surface area contributed by atoms with Crippen molar-refractivity contribution >= 4 is 6.08 Å². The zero-order valence-electron chi connectivity index (χ0n) is 7.33. The first kappa shape index (κ1) is 8.45. The van der Waals surface area contributed by atoms with Gasteiger partial charge >= 0.3 is 0 Å². The van der Waals surface area contributed by atoms with Gasteiger partial charge in [-0.15, -0.1) is 0 Å². The van der Waals surface area contributed by atoms with E-state index < -0.39 is 0 Å². The molecule has 2 N–H and O–H groups in total. The Morgan fingerprint density at radius 3 is 2.77 bits per heavy atom. The lowest BCUT2D eigenvalue weighted by Crippen LogP contribution is -2.29. The van der Waals surface area contributed by atoms with Crippen LogP contribution in [0.2, 0.25) is 0 Å². The van der Waals surface area contributed by atoms with Crippen LogP contribution < -0.4 is 5.73 Å². The molecule has 0 spiro atoms. The normalized spacial score (nSPS) is 21.1. The molecule has 68 valence electrons. The standard InChI is InChI=1S/C11H12FN/c12-10-3-1-2-8(5-10)4-9-6-11(13)7-9/h1-5,11H,6-7,13H2. The predicted octanol–water partition coefficient (Wildman–Crippen LogP) is 2.33. The maximum Gasteiger partial charge on any atom is 0.123 e. The summed E-state index contributed by atoms with van der Waals surface area (Å²) in [6.07, 6.45) is 3.93. The summed E-state index contributed by atoms with van der Waals surface area (Å²) in [6.45, 7) is 0. The van der Waals surface area contributed by atoms with Crippen molar-refractivity contribution in [2.75, 3.05) is 0 Å². The number of nitrogens with two attached hydrogens (primary N) is 1. The van der Waals surface area contributed by atoms with Gasteiger partial charge in [0, 0.05) is 6.04 Å². The minimum atomic E-state index is -0.182. The highest BCUT2D eigenvalue weighted by Gasteiger charge is 2.17. The first-order valence-electron chi connectivity index (χ1n) is 4.44. The highest BCUT2D eigenvalue weighted by atomic mass is 19.1. The second-order valence-electron chi connectivity index (χ2n) is 3.53. The largest absolute Gasteiger partial charge is 0.327 e. The molecule has 1 aromatic rings. The number of hydrogen-bond acceptors (Lipinski definition) is 1. The molecule has 2 heteroatoms. The lowest BCUT2D eigenvalue weighted by atomic mass is 9.86. The fourth-order valence-corrected chi connectivity index (χ4v) is 1.56. The average Bonchev–Trinajstić information content (AvgIpc) is 2.01. The van der Waals surface area contributed by atoms with Crippen molar-refractivity contribution in [1.29, 1.82) is 0 Å². The van der Waals surface area contributed by atoms with Gasteiger partial charge in [-0.1, -0.05) is 23.8 Å². The van der Waals surface area contributed by atoms with E-state index in [2.05, 4.69) is 0 Å². The van der Waals surface area contributed by atoms with E-state index in [-0.39, 0.29) is 5.82 Å². The molecule has 0 saturated heterocycles. The van der Waals surface area contributed by atoms with Crippen molar-refractivity contribution < 1.29 is 4.39 Å². The maximum absolute atomic E-state index is 12.8. The molecule has 1 nitrogen and oxygen atoms in total. The van der Waals surface area contributed by atoms with Crippen molar-refractivity contribution in [2.24, 2.45) is 5.73 Å². The summed E-state index contributed by atoms with van der Waals surface area (Å²) in [7, 11) is 0. The van der Waals surface area contributed by atoms with Crippen molar-refractivity contribution in [2.45, 2.75) is 18.9 Å². The Balaban J connectivity index is 2.14. The molecule has 1 aromatic carbocycles. The van der Waals surface area contributed by atoms with E-state index in [4.69, 9.17) is 5.73 Å². The van der Waals surface area contributed by atoms with Gasteiger partial charge in [-0.25, -0.2) is 4.39 Å². The molecule has 0 aromatic heterocycles. The predicted molar refractivity (Wildman–Crippen MR) is 51.6 cm³/mol. The Labute approximate surface area is 77.1 Å². The van der Waals surface area contributed by atoms with Crippen molar-refractivity contribution in [3.05, 3.63) is 41.2 Å². The number of benzene rings is 1. The van der Waals surface area contributed by atoms with Gasteiger partial charge in [0.1, 0.15) is 5.82 Å². The minimum Gasteiger partial charge on any atom is -0.327 e. The van der Waals surface area contributed by atoms with E-state index in [0.717, 1.165) is 18.4 Å². The molecule has 0 unspecified atom stereocenters. The van der Waals surface area contributed by atoms with Crippen LogP contribution in [-0.2, 0) is 0 Å². The van der Waals surface area contributed by atoms with Gasteiger partial charge in [-0.3, -0.25) is 0 Å². The topological polar surface area (TPSA) is 26.0 Å². The van der Waals surface area contributed by atoms with Crippen LogP contribution in [0.3, 0.4) is 0 Å². The third-order valence-corrected chi connectivity index (χ3v) is 2.27. The zero-order chi connectivity index (χ0) is 9.26. The number of rotatable bonds is 1. The monoisotopic (exact) mass is 177 g/mol. The lowest BCUT2D eigenvalue weighted by molar-refractivity contribution is 0.547. The van der Waals surface area contributed by atoms with Crippen molar-refractivity contribution in [1.82, 2.24) is 0 Å². The van der Waals surface area contributed by atoms with Gasteiger partial charge in [-0.2, -0.15) is 0 Å². The van der Waals surface area contributed by atoms with Crippen LogP contribution in [0, 0.1) is 5.82 Å². The molecule has 0 bridgehead atoms. The van der Waals surface area contributed by atoms with Crippen LogP contribution in [0.4, 0.5) is 4.39 Å². The van der Waals surface area contributed by atoms with E-state index in [1.54, 1.807) is 6.07 Å². The van der Waals surface area contributed by atoms with E-state index in [0.29, 0.717) is 6.04 Å². The Hall–Kier alpha value is -1.15. The first-order valence-corrected chi connectivity index (χ1v) is 4.44. The van der Waals surface area contributed by atoms with Gasteiger partial charge in [0.2, 0.25) is 0 Å². The Kier molecular flexibility index (Phi) is 2.15. The van der Waals surface area contributed by atoms with E-state index in [9.17, 15) is 4.39 Å². The zero-order valence-corrected chi connectivity index (χ0v) is 7.33. The summed E-state index contributed by atoms with van der Waals surface area (Å²) in [5.74, 6) is -0.182. The fraction of sp³-hybridized carbons (Fsp3) is 0.273. The molecular weight excluding hydrogens is 165 g/mol. The molecule has 1 fully saturated rings. The van der Waals surface area contributed by atoms with Crippen molar-refractivity contribution in [3.8, 4) is 0 Å². The quantitative estimate of drug-likeness (QED) is 0.700. The Morgan fingerprint density at radius 1 is 1.38 bits per heavy atom. The SMILES string of the molecule is NC1CC(=Cc2cccc(F)c2)C1. The second kappa shape index (κ2) is 3.30. The molecule has 13 heavy (non-hydrogen) atoms. The maximum atomic E-state index is 12.8. The average molecular weight is 177 g/mol. The first-order chi connectivity index (χ1) is 6.24. The lowest BCUT2D eigenvalue weighted by Gasteiger charge is -2.25. The molecule has 1 aliphatic rings. The van der Waals surface area contributed by atoms with Gasteiger partial charge in [0.25, 0.3) is 0 Å². The number of hydrogen-bond donors (Lipinski definition) is 1. The molecule has 0 aliphatic heterocycles. The Morgan fingerprint density at radius 2 is 2.15 bits per heavy atom. The summed E-state index contributed by atoms with van der Waals surface area (Å²) in [5.41, 5.74) is 7.89. The third-order valence-electron chi connectivity index (χ3n) is 2.27. The number of halogens is 1. The summed E-state index contributed by atoms with van der Waals surface area (Å²) in [5, 5.41) is 0. The van der Waals surface area contributed by atoms with Crippen LogP contribution in [0.1, 0.15) is 18.4 Å². The van der Waals surface area contributed by atoms with Crippen LogP contribution in [0.25, 0.3) is 6.08 Å². The highest BCUT2D eigenvalue weighted by molar-refractivity contribution is 5.54. The van der Waals surface area contributed by atoms with Gasteiger partial charge in [0.15, 0.2) is 0 Å². The van der Waals surface area contributed by atoms with Crippen LogP contribution in [0.15, 0.2) is 29.8 Å². The molecule has 0 heterocycles. The third kappa shape index (κ3) is 1.95. The van der Waals surface area contributed by atoms with E-state index in [1.165, 1.54) is 17.7 Å². The van der Waals surface area contributed by atoms with E-state index >= 15 is 0 Å². The van der Waals surface area contributed by atoms with Crippen molar-refractivity contribution in [3.63, 3.8) is 0 Å². The van der Waals surface area contributed by atoms with Crippen LogP contribution >= 0.6 is 0 Å². The molecule has 0 radical (unpaired) electrons.